The number of rotatable bonds is 3. The summed E-state index contributed by atoms with van der Waals surface area (Å²) in [5, 5.41) is 2.76. The zero-order valence-corrected chi connectivity index (χ0v) is 15.7. The number of benzene rings is 2. The molecule has 1 aliphatic heterocycles. The summed E-state index contributed by atoms with van der Waals surface area (Å²) in [4.78, 5) is 24.4. The van der Waals surface area contributed by atoms with E-state index in [1.165, 1.54) is 24.3 Å². The molecule has 1 atom stereocenters. The van der Waals surface area contributed by atoms with Crippen molar-refractivity contribution in [3.63, 3.8) is 0 Å². The second-order valence-corrected chi connectivity index (χ2v) is 8.48. The minimum Gasteiger partial charge on any atom is -0.321 e. The van der Waals surface area contributed by atoms with Crippen molar-refractivity contribution in [2.75, 3.05) is 15.4 Å². The number of anilines is 2. The number of hydrogen-bond acceptors (Lipinski definition) is 4. The van der Waals surface area contributed by atoms with Gasteiger partial charge in [-0.15, -0.1) is 0 Å². The molecule has 0 bridgehead atoms. The fourth-order valence-corrected chi connectivity index (χ4v) is 4.80. The molecule has 6 nitrogen and oxygen atoms in total. The predicted molar refractivity (Wildman–Crippen MR) is 99.0 cm³/mol. The van der Waals surface area contributed by atoms with Gasteiger partial charge in [-0.05, 0) is 52.3 Å². The number of carbonyl (C=O) groups is 2. The van der Waals surface area contributed by atoms with Crippen LogP contribution in [0.15, 0.2) is 53.0 Å². The Hall–Kier alpha value is -2.19. The van der Waals surface area contributed by atoms with Crippen molar-refractivity contribution in [1.29, 1.82) is 0 Å². The molecule has 8 heteroatoms. The molecule has 2 aromatic carbocycles. The van der Waals surface area contributed by atoms with Crippen LogP contribution in [0, 0.1) is 5.92 Å². The molecule has 1 fully saturated rings. The van der Waals surface area contributed by atoms with Gasteiger partial charge < -0.3 is 5.32 Å². The Morgan fingerprint density at radius 1 is 1.16 bits per heavy atom. The third-order valence-corrected chi connectivity index (χ3v) is 6.41. The van der Waals surface area contributed by atoms with E-state index in [1.807, 2.05) is 12.1 Å². The largest absolute Gasteiger partial charge is 0.321 e. The monoisotopic (exact) mass is 422 g/mol. The quantitative estimate of drug-likeness (QED) is 0.823. The lowest BCUT2D eigenvalue weighted by Gasteiger charge is -2.15. The summed E-state index contributed by atoms with van der Waals surface area (Å²) in [7, 11) is -3.65. The summed E-state index contributed by atoms with van der Waals surface area (Å²) in [6.07, 6.45) is 0. The van der Waals surface area contributed by atoms with Crippen molar-refractivity contribution in [2.24, 2.45) is 5.92 Å². The van der Waals surface area contributed by atoms with Crippen LogP contribution in [0.3, 0.4) is 0 Å². The lowest BCUT2D eigenvalue weighted by atomic mass is 10.1. The van der Waals surface area contributed by atoms with Gasteiger partial charge in [0.05, 0.1) is 23.0 Å². The Kier molecular flexibility index (Phi) is 4.66. The molecule has 0 aliphatic carbocycles. The van der Waals surface area contributed by atoms with Crippen LogP contribution in [0.1, 0.15) is 17.3 Å². The molecule has 1 N–H and O–H groups in total. The molecule has 130 valence electrons. The Labute approximate surface area is 154 Å². The molecule has 2 amide bonds. The maximum absolute atomic E-state index is 12.3. The van der Waals surface area contributed by atoms with Crippen LogP contribution in [0.25, 0.3) is 0 Å². The zero-order chi connectivity index (χ0) is 18.2. The lowest BCUT2D eigenvalue weighted by Crippen LogP contribution is -2.30. The van der Waals surface area contributed by atoms with Crippen LogP contribution in [0.4, 0.5) is 11.4 Å². The van der Waals surface area contributed by atoms with E-state index in [9.17, 15) is 18.0 Å². The highest BCUT2D eigenvalue weighted by atomic mass is 79.9. The predicted octanol–water partition coefficient (Wildman–Crippen LogP) is 3.01. The lowest BCUT2D eigenvalue weighted by molar-refractivity contribution is -0.119. The number of nitrogens with zero attached hydrogens (tertiary/aromatic N) is 1. The van der Waals surface area contributed by atoms with Gasteiger partial charge in [0, 0.05) is 10.0 Å². The van der Waals surface area contributed by atoms with Gasteiger partial charge in [-0.3, -0.25) is 9.59 Å². The van der Waals surface area contributed by atoms with E-state index >= 15 is 0 Å². The van der Waals surface area contributed by atoms with Gasteiger partial charge >= 0.3 is 0 Å². The first-order chi connectivity index (χ1) is 11.8. The van der Waals surface area contributed by atoms with Crippen molar-refractivity contribution in [2.45, 2.75) is 6.92 Å². The van der Waals surface area contributed by atoms with Crippen LogP contribution in [-0.4, -0.2) is 26.0 Å². The zero-order valence-electron chi connectivity index (χ0n) is 13.3. The third kappa shape index (κ3) is 3.45. The van der Waals surface area contributed by atoms with E-state index in [0.717, 1.165) is 8.78 Å². The van der Waals surface area contributed by atoms with Gasteiger partial charge in [0.25, 0.3) is 5.91 Å². The van der Waals surface area contributed by atoms with Gasteiger partial charge in [0.15, 0.2) is 0 Å². The fraction of sp³-hybridized carbons (Fsp3) is 0.176. The minimum atomic E-state index is -3.65. The Morgan fingerprint density at radius 3 is 2.36 bits per heavy atom. The Morgan fingerprint density at radius 2 is 1.80 bits per heavy atom. The summed E-state index contributed by atoms with van der Waals surface area (Å²) < 4.78 is 25.8. The number of sulfonamides is 1. The molecule has 0 saturated carbocycles. The van der Waals surface area contributed by atoms with Gasteiger partial charge in [0.2, 0.25) is 15.9 Å². The van der Waals surface area contributed by atoms with Crippen molar-refractivity contribution in [3.8, 4) is 0 Å². The summed E-state index contributed by atoms with van der Waals surface area (Å²) in [5.74, 6) is -1.55. The van der Waals surface area contributed by atoms with E-state index in [1.54, 1.807) is 19.1 Å². The number of carbonyl (C=O) groups excluding carboxylic acids is 2. The maximum Gasteiger partial charge on any atom is 0.255 e. The van der Waals surface area contributed by atoms with Crippen LogP contribution in [-0.2, 0) is 14.8 Å². The van der Waals surface area contributed by atoms with Crippen LogP contribution >= 0.6 is 15.9 Å². The Balaban J connectivity index is 1.82. The van der Waals surface area contributed by atoms with Crippen molar-refractivity contribution >= 4 is 49.1 Å². The number of halogens is 1. The molecule has 1 saturated heterocycles. The first-order valence-corrected chi connectivity index (χ1v) is 9.92. The molecular formula is C17H15BrN2O4S. The second-order valence-electron chi connectivity index (χ2n) is 5.76. The molecule has 3 rings (SSSR count). The number of amides is 2. The van der Waals surface area contributed by atoms with E-state index in [-0.39, 0.29) is 17.3 Å². The summed E-state index contributed by atoms with van der Waals surface area (Å²) in [6.45, 7) is 1.58. The van der Waals surface area contributed by atoms with Crippen molar-refractivity contribution in [3.05, 3.63) is 58.6 Å². The van der Waals surface area contributed by atoms with Crippen LogP contribution < -0.4 is 9.62 Å². The second kappa shape index (κ2) is 6.61. The maximum atomic E-state index is 12.3. The summed E-state index contributed by atoms with van der Waals surface area (Å²) >= 11 is 3.35. The first kappa shape index (κ1) is 17.6. The topological polar surface area (TPSA) is 83.6 Å². The molecule has 0 spiro atoms. The van der Waals surface area contributed by atoms with E-state index in [4.69, 9.17) is 0 Å². The van der Waals surface area contributed by atoms with E-state index < -0.39 is 21.8 Å². The highest BCUT2D eigenvalue weighted by molar-refractivity contribution is 9.10. The van der Waals surface area contributed by atoms with Gasteiger partial charge in [0.1, 0.15) is 0 Å². The van der Waals surface area contributed by atoms with E-state index in [0.29, 0.717) is 11.3 Å². The Bertz CT molecular complexity index is 941. The fourth-order valence-electron chi connectivity index (χ4n) is 2.59. The third-order valence-electron chi connectivity index (χ3n) is 3.85. The van der Waals surface area contributed by atoms with Gasteiger partial charge in [-0.25, -0.2) is 12.7 Å². The van der Waals surface area contributed by atoms with Crippen molar-refractivity contribution < 1.29 is 18.0 Å². The molecule has 0 aromatic heterocycles. The first-order valence-electron chi connectivity index (χ1n) is 7.52. The van der Waals surface area contributed by atoms with Crippen LogP contribution in [0.2, 0.25) is 0 Å². The number of hydrogen-bond donors (Lipinski definition) is 1. The minimum absolute atomic E-state index is 0.198. The summed E-state index contributed by atoms with van der Waals surface area (Å²) in [6, 6.07) is 13.1. The standard InChI is InChI=1S/C17H15BrN2O4S/c1-11-10-25(23,24)20(17(11)22)13-8-6-12(7-9-13)16(21)19-15-5-3-2-4-14(15)18/h2-9,11H,10H2,1H3,(H,19,21)/t11-/m0/s1. The highest BCUT2D eigenvalue weighted by Gasteiger charge is 2.41. The van der Waals surface area contributed by atoms with Crippen molar-refractivity contribution in [1.82, 2.24) is 0 Å². The normalized spacial score (nSPS) is 19.0. The average Bonchev–Trinajstić information content (AvgIpc) is 2.77. The van der Waals surface area contributed by atoms with Gasteiger partial charge in [-0.2, -0.15) is 0 Å². The van der Waals surface area contributed by atoms with E-state index in [2.05, 4.69) is 21.2 Å². The molecule has 1 heterocycles. The molecule has 0 radical (unpaired) electrons. The van der Waals surface area contributed by atoms with Crippen LogP contribution in [0.5, 0.6) is 0 Å². The molecular weight excluding hydrogens is 408 g/mol. The SMILES string of the molecule is C[C@H]1CS(=O)(=O)N(c2ccc(C(=O)Nc3ccccc3Br)cc2)C1=O. The van der Waals surface area contributed by atoms with Gasteiger partial charge in [-0.1, -0.05) is 19.1 Å². The molecule has 1 aliphatic rings. The molecule has 2 aromatic rings. The summed E-state index contributed by atoms with van der Waals surface area (Å²) in [5.41, 5.74) is 1.23. The smallest absolute Gasteiger partial charge is 0.255 e. The molecule has 0 unspecified atom stereocenters. The highest BCUT2D eigenvalue weighted by Crippen LogP contribution is 2.28. The number of para-hydroxylation sites is 1. The molecule has 25 heavy (non-hydrogen) atoms. The average molecular weight is 423 g/mol. The number of nitrogens with one attached hydrogen (secondary N) is 1.